The van der Waals surface area contributed by atoms with Crippen molar-refractivity contribution in [1.82, 2.24) is 15.5 Å². The van der Waals surface area contributed by atoms with Gasteiger partial charge < -0.3 is 19.2 Å². The summed E-state index contributed by atoms with van der Waals surface area (Å²) in [5.41, 5.74) is 1.86. The van der Waals surface area contributed by atoms with Crippen molar-refractivity contribution < 1.29 is 18.7 Å². The second-order valence-corrected chi connectivity index (χ2v) is 7.17. The van der Waals surface area contributed by atoms with E-state index >= 15 is 0 Å². The molecule has 1 aliphatic rings. The van der Waals surface area contributed by atoms with Crippen LogP contribution in [0.4, 0.5) is 0 Å². The molecule has 0 saturated heterocycles. The summed E-state index contributed by atoms with van der Waals surface area (Å²) in [7, 11) is 0. The number of carbonyl (C=O) groups is 1. The van der Waals surface area contributed by atoms with E-state index in [-0.39, 0.29) is 25.2 Å². The Hall–Kier alpha value is -3.06. The third kappa shape index (κ3) is 4.68. The van der Waals surface area contributed by atoms with Gasteiger partial charge >= 0.3 is 0 Å². The molecule has 1 atom stereocenters. The highest BCUT2D eigenvalue weighted by molar-refractivity contribution is 6.31. The van der Waals surface area contributed by atoms with Gasteiger partial charge in [0, 0.05) is 17.9 Å². The van der Waals surface area contributed by atoms with Crippen molar-refractivity contribution in [3.8, 4) is 11.5 Å². The fourth-order valence-electron chi connectivity index (χ4n) is 3.12. The first-order valence-corrected chi connectivity index (χ1v) is 9.70. The van der Waals surface area contributed by atoms with Gasteiger partial charge in [-0.05, 0) is 36.2 Å². The maximum absolute atomic E-state index is 12.2. The molecule has 1 N–H and O–H groups in total. The quantitative estimate of drug-likeness (QED) is 0.633. The summed E-state index contributed by atoms with van der Waals surface area (Å²) in [5.74, 6) is 2.27. The number of hydrogen-bond donors (Lipinski definition) is 1. The highest BCUT2D eigenvalue weighted by Gasteiger charge is 2.16. The van der Waals surface area contributed by atoms with Crippen LogP contribution < -0.4 is 14.8 Å². The summed E-state index contributed by atoms with van der Waals surface area (Å²) >= 11 is 6.18. The van der Waals surface area contributed by atoms with E-state index in [1.165, 1.54) is 0 Å². The van der Waals surface area contributed by atoms with Crippen LogP contribution in [-0.4, -0.2) is 22.9 Å². The predicted octanol–water partition coefficient (Wildman–Crippen LogP) is 3.85. The van der Waals surface area contributed by atoms with Crippen LogP contribution in [0.1, 0.15) is 42.3 Å². The smallest absolute Gasteiger partial charge is 0.231 e. The van der Waals surface area contributed by atoms with Crippen LogP contribution in [0.25, 0.3) is 0 Å². The normalized spacial score (nSPS) is 13.3. The molecule has 150 valence electrons. The van der Waals surface area contributed by atoms with Gasteiger partial charge in [-0.2, -0.15) is 0 Å². The number of fused-ring (bicyclic) bond motifs is 1. The topological polar surface area (TPSA) is 86.5 Å². The van der Waals surface area contributed by atoms with Crippen LogP contribution >= 0.6 is 11.6 Å². The molecule has 8 heteroatoms. The molecule has 7 nitrogen and oxygen atoms in total. The lowest BCUT2D eigenvalue weighted by atomic mass is 10.1. The number of hydrogen-bond acceptors (Lipinski definition) is 6. The standard InChI is InChI=1S/C21H20ClN3O4/c1-13(15-4-2-3-5-16(15)22)23-19(26)8-9-20-24-25-21(29-20)11-14-6-7-17-18(10-14)28-12-27-17/h2-7,10,13H,8-9,11-12H2,1H3,(H,23,26)/t13-/m0/s1. The summed E-state index contributed by atoms with van der Waals surface area (Å²) in [4.78, 5) is 12.2. The van der Waals surface area contributed by atoms with E-state index in [4.69, 9.17) is 25.5 Å². The number of nitrogens with zero attached hydrogens (tertiary/aromatic N) is 2. The largest absolute Gasteiger partial charge is 0.454 e. The second-order valence-electron chi connectivity index (χ2n) is 6.76. The minimum atomic E-state index is -0.180. The Morgan fingerprint density at radius 2 is 1.93 bits per heavy atom. The van der Waals surface area contributed by atoms with Gasteiger partial charge in [0.05, 0.1) is 12.5 Å². The molecule has 1 aliphatic heterocycles. The molecule has 0 radical (unpaired) electrons. The van der Waals surface area contributed by atoms with Gasteiger partial charge in [0.2, 0.25) is 24.5 Å². The zero-order chi connectivity index (χ0) is 20.2. The molecule has 0 spiro atoms. The summed E-state index contributed by atoms with van der Waals surface area (Å²) in [5, 5.41) is 11.7. The second kappa shape index (κ2) is 8.53. The molecule has 3 aromatic rings. The van der Waals surface area contributed by atoms with Gasteiger partial charge in [-0.1, -0.05) is 35.9 Å². The average molecular weight is 414 g/mol. The number of benzene rings is 2. The van der Waals surface area contributed by atoms with Crippen molar-refractivity contribution in [3.63, 3.8) is 0 Å². The Labute approximate surface area is 173 Å². The summed E-state index contributed by atoms with van der Waals surface area (Å²) in [6.07, 6.45) is 1.11. The molecule has 0 bridgehead atoms. The van der Waals surface area contributed by atoms with E-state index in [9.17, 15) is 4.79 Å². The molecule has 0 unspecified atom stereocenters. The first-order chi connectivity index (χ1) is 14.1. The van der Waals surface area contributed by atoms with Crippen LogP contribution in [-0.2, 0) is 17.6 Å². The van der Waals surface area contributed by atoms with Crippen molar-refractivity contribution in [2.24, 2.45) is 0 Å². The number of aromatic nitrogens is 2. The zero-order valence-electron chi connectivity index (χ0n) is 15.9. The van der Waals surface area contributed by atoms with Crippen molar-refractivity contribution in [2.45, 2.75) is 32.2 Å². The number of carbonyl (C=O) groups excluding carboxylic acids is 1. The molecular weight excluding hydrogens is 394 g/mol. The molecular formula is C21H20ClN3O4. The van der Waals surface area contributed by atoms with E-state index in [2.05, 4.69) is 15.5 Å². The molecule has 1 aromatic heterocycles. The van der Waals surface area contributed by atoms with Crippen LogP contribution in [0, 0.1) is 0 Å². The summed E-state index contributed by atoms with van der Waals surface area (Å²) in [6.45, 7) is 2.13. The molecule has 4 rings (SSSR count). The Balaban J connectivity index is 1.29. The lowest BCUT2D eigenvalue weighted by molar-refractivity contribution is -0.121. The van der Waals surface area contributed by atoms with E-state index < -0.39 is 0 Å². The van der Waals surface area contributed by atoms with E-state index in [1.54, 1.807) is 6.07 Å². The Morgan fingerprint density at radius 3 is 2.79 bits per heavy atom. The van der Waals surface area contributed by atoms with Gasteiger partial charge in [0.1, 0.15) is 0 Å². The van der Waals surface area contributed by atoms with Gasteiger partial charge in [-0.15, -0.1) is 10.2 Å². The van der Waals surface area contributed by atoms with Crippen molar-refractivity contribution in [2.75, 3.05) is 6.79 Å². The van der Waals surface area contributed by atoms with Crippen LogP contribution in [0.15, 0.2) is 46.9 Å². The highest BCUT2D eigenvalue weighted by atomic mass is 35.5. The molecule has 0 aliphatic carbocycles. The molecule has 0 fully saturated rings. The van der Waals surface area contributed by atoms with Crippen molar-refractivity contribution in [3.05, 3.63) is 70.4 Å². The Morgan fingerprint density at radius 1 is 1.14 bits per heavy atom. The predicted molar refractivity (Wildman–Crippen MR) is 106 cm³/mol. The minimum absolute atomic E-state index is 0.104. The number of halogens is 1. The highest BCUT2D eigenvalue weighted by Crippen LogP contribution is 2.33. The molecule has 1 amide bonds. The van der Waals surface area contributed by atoms with E-state index in [0.717, 1.165) is 16.9 Å². The fourth-order valence-corrected chi connectivity index (χ4v) is 3.42. The number of nitrogens with one attached hydrogen (secondary N) is 1. The third-order valence-electron chi connectivity index (χ3n) is 4.62. The average Bonchev–Trinajstić information content (AvgIpc) is 3.35. The first kappa shape index (κ1) is 19.3. The van der Waals surface area contributed by atoms with Gasteiger partial charge in [-0.25, -0.2) is 0 Å². The first-order valence-electron chi connectivity index (χ1n) is 9.32. The lowest BCUT2D eigenvalue weighted by Gasteiger charge is -2.15. The third-order valence-corrected chi connectivity index (χ3v) is 4.96. The van der Waals surface area contributed by atoms with Crippen LogP contribution in [0.3, 0.4) is 0 Å². The molecule has 2 aromatic carbocycles. The number of rotatable bonds is 7. The Bertz CT molecular complexity index is 1020. The number of amides is 1. The van der Waals surface area contributed by atoms with Crippen molar-refractivity contribution in [1.29, 1.82) is 0 Å². The number of ether oxygens (including phenoxy) is 2. The van der Waals surface area contributed by atoms with Crippen LogP contribution in [0.5, 0.6) is 11.5 Å². The maximum atomic E-state index is 12.2. The van der Waals surface area contributed by atoms with E-state index in [0.29, 0.717) is 35.4 Å². The van der Waals surface area contributed by atoms with Crippen LogP contribution in [0.2, 0.25) is 5.02 Å². The van der Waals surface area contributed by atoms with E-state index in [1.807, 2.05) is 43.3 Å². The van der Waals surface area contributed by atoms with Gasteiger partial charge in [0.25, 0.3) is 0 Å². The summed E-state index contributed by atoms with van der Waals surface area (Å²) < 4.78 is 16.4. The Kier molecular flexibility index (Phi) is 5.67. The molecule has 0 saturated carbocycles. The SMILES string of the molecule is C[C@H](NC(=O)CCc1nnc(Cc2ccc3c(c2)OCO3)o1)c1ccccc1Cl. The lowest BCUT2D eigenvalue weighted by Crippen LogP contribution is -2.27. The van der Waals surface area contributed by atoms with Gasteiger partial charge in [-0.3, -0.25) is 4.79 Å². The molecule has 2 heterocycles. The van der Waals surface area contributed by atoms with Gasteiger partial charge in [0.15, 0.2) is 11.5 Å². The molecule has 29 heavy (non-hydrogen) atoms. The summed E-state index contributed by atoms with van der Waals surface area (Å²) in [6, 6.07) is 13.0. The minimum Gasteiger partial charge on any atom is -0.454 e. The maximum Gasteiger partial charge on any atom is 0.231 e. The number of aryl methyl sites for hydroxylation is 1. The van der Waals surface area contributed by atoms with Crippen molar-refractivity contribution >= 4 is 17.5 Å². The zero-order valence-corrected chi connectivity index (χ0v) is 16.6. The fraction of sp³-hybridized carbons (Fsp3) is 0.286. The monoisotopic (exact) mass is 413 g/mol.